The van der Waals surface area contributed by atoms with Gasteiger partial charge in [0.1, 0.15) is 5.78 Å². The van der Waals surface area contributed by atoms with E-state index >= 15 is 0 Å². The van der Waals surface area contributed by atoms with E-state index in [1.54, 1.807) is 11.8 Å². The van der Waals surface area contributed by atoms with Crippen LogP contribution in [0.2, 0.25) is 0 Å². The predicted molar refractivity (Wildman–Crippen MR) is 65.4 cm³/mol. The van der Waals surface area contributed by atoms with Gasteiger partial charge in [0.15, 0.2) is 0 Å². The number of carbonyl (C=O) groups is 2. The van der Waals surface area contributed by atoms with Gasteiger partial charge in [-0.1, -0.05) is 30.3 Å². The van der Waals surface area contributed by atoms with Crippen LogP contribution in [0.5, 0.6) is 0 Å². The topological polar surface area (TPSA) is 37.4 Å². The van der Waals surface area contributed by atoms with Crippen LogP contribution in [0.4, 0.5) is 0 Å². The fraction of sp³-hybridized carbons (Fsp3) is 0.429. The molecule has 0 saturated carbocycles. The molecule has 3 heteroatoms. The molecule has 0 spiro atoms. The van der Waals surface area contributed by atoms with E-state index in [9.17, 15) is 9.59 Å². The van der Waals surface area contributed by atoms with Gasteiger partial charge >= 0.3 is 0 Å². The molecule has 1 heterocycles. The molecule has 0 bridgehead atoms. The molecule has 0 aromatic heterocycles. The SMILES string of the molecule is CC(=O)[C@@H]1CC(=O)N([C@H](C)c2ccccc2)C1. The molecule has 0 unspecified atom stereocenters. The number of amides is 1. The molecule has 1 aromatic carbocycles. The highest BCUT2D eigenvalue weighted by atomic mass is 16.2. The van der Waals surface area contributed by atoms with Crippen molar-refractivity contribution >= 4 is 11.7 Å². The van der Waals surface area contributed by atoms with Gasteiger partial charge in [0.2, 0.25) is 5.91 Å². The zero-order valence-electron chi connectivity index (χ0n) is 10.2. The van der Waals surface area contributed by atoms with E-state index in [1.807, 2.05) is 37.3 Å². The summed E-state index contributed by atoms with van der Waals surface area (Å²) in [5, 5.41) is 0. The number of carbonyl (C=O) groups excluding carboxylic acids is 2. The van der Waals surface area contributed by atoms with Crippen LogP contribution in [-0.4, -0.2) is 23.1 Å². The van der Waals surface area contributed by atoms with Crippen LogP contribution in [0.25, 0.3) is 0 Å². The normalized spacial score (nSPS) is 21.6. The maximum absolute atomic E-state index is 11.9. The molecule has 3 nitrogen and oxygen atoms in total. The lowest BCUT2D eigenvalue weighted by Gasteiger charge is -2.25. The first-order valence-corrected chi connectivity index (χ1v) is 5.94. The van der Waals surface area contributed by atoms with E-state index in [2.05, 4.69) is 0 Å². The van der Waals surface area contributed by atoms with Crippen molar-refractivity contribution in [2.24, 2.45) is 5.92 Å². The number of Topliss-reactive ketones (excluding diaryl/α,β-unsaturated/α-hetero) is 1. The van der Waals surface area contributed by atoms with Gasteiger partial charge in [-0.2, -0.15) is 0 Å². The third kappa shape index (κ3) is 2.38. The van der Waals surface area contributed by atoms with Gasteiger partial charge in [-0.15, -0.1) is 0 Å². The summed E-state index contributed by atoms with van der Waals surface area (Å²) >= 11 is 0. The fourth-order valence-electron chi connectivity index (χ4n) is 2.29. The summed E-state index contributed by atoms with van der Waals surface area (Å²) in [7, 11) is 0. The summed E-state index contributed by atoms with van der Waals surface area (Å²) in [5.74, 6) is 0.0799. The quantitative estimate of drug-likeness (QED) is 0.799. The van der Waals surface area contributed by atoms with Gasteiger partial charge in [-0.25, -0.2) is 0 Å². The van der Waals surface area contributed by atoms with Gasteiger partial charge in [0.25, 0.3) is 0 Å². The van der Waals surface area contributed by atoms with Crippen LogP contribution in [0, 0.1) is 5.92 Å². The van der Waals surface area contributed by atoms with Gasteiger partial charge in [0, 0.05) is 18.9 Å². The van der Waals surface area contributed by atoms with Crippen LogP contribution >= 0.6 is 0 Å². The van der Waals surface area contributed by atoms with Gasteiger partial charge < -0.3 is 4.90 Å². The molecule has 0 aliphatic carbocycles. The van der Waals surface area contributed by atoms with Crippen molar-refractivity contribution < 1.29 is 9.59 Å². The summed E-state index contributed by atoms with van der Waals surface area (Å²) < 4.78 is 0. The first kappa shape index (κ1) is 11.8. The van der Waals surface area contributed by atoms with Crippen LogP contribution in [0.15, 0.2) is 30.3 Å². The molecule has 90 valence electrons. The first-order valence-electron chi connectivity index (χ1n) is 5.94. The Bertz CT molecular complexity index is 427. The van der Waals surface area contributed by atoms with Crippen molar-refractivity contribution in [3.63, 3.8) is 0 Å². The molecular weight excluding hydrogens is 214 g/mol. The minimum atomic E-state index is -0.117. The third-order valence-electron chi connectivity index (χ3n) is 3.48. The van der Waals surface area contributed by atoms with E-state index < -0.39 is 0 Å². The average Bonchev–Trinajstić information content (AvgIpc) is 2.72. The van der Waals surface area contributed by atoms with E-state index in [-0.39, 0.29) is 23.7 Å². The summed E-state index contributed by atoms with van der Waals surface area (Å²) in [5.41, 5.74) is 1.12. The van der Waals surface area contributed by atoms with E-state index in [0.29, 0.717) is 13.0 Å². The zero-order chi connectivity index (χ0) is 12.4. The molecule has 0 radical (unpaired) electrons. The Morgan fingerprint density at radius 2 is 2.00 bits per heavy atom. The molecule has 1 fully saturated rings. The summed E-state index contributed by atoms with van der Waals surface area (Å²) in [6.45, 7) is 4.13. The second-order valence-electron chi connectivity index (χ2n) is 4.64. The molecule has 1 aliphatic rings. The summed E-state index contributed by atoms with van der Waals surface area (Å²) in [4.78, 5) is 25.0. The standard InChI is InChI=1S/C14H17NO2/c1-10(12-6-4-3-5-7-12)15-9-13(11(2)16)8-14(15)17/h3-7,10,13H,8-9H2,1-2H3/t10-,13-/m1/s1. The van der Waals surface area contributed by atoms with Crippen molar-refractivity contribution in [3.05, 3.63) is 35.9 Å². The van der Waals surface area contributed by atoms with Gasteiger partial charge in [0.05, 0.1) is 6.04 Å². The van der Waals surface area contributed by atoms with E-state index in [4.69, 9.17) is 0 Å². The number of nitrogens with zero attached hydrogens (tertiary/aromatic N) is 1. The average molecular weight is 231 g/mol. The van der Waals surface area contributed by atoms with Crippen molar-refractivity contribution in [3.8, 4) is 0 Å². The molecule has 2 rings (SSSR count). The second-order valence-corrected chi connectivity index (χ2v) is 4.64. The molecule has 17 heavy (non-hydrogen) atoms. The minimum Gasteiger partial charge on any atom is -0.335 e. The van der Waals surface area contributed by atoms with Gasteiger partial charge in [-0.3, -0.25) is 9.59 Å². The van der Waals surface area contributed by atoms with Crippen molar-refractivity contribution in [2.75, 3.05) is 6.54 Å². The Morgan fingerprint density at radius 1 is 1.35 bits per heavy atom. The molecule has 0 N–H and O–H groups in total. The van der Waals surface area contributed by atoms with E-state index in [0.717, 1.165) is 5.56 Å². The summed E-state index contributed by atoms with van der Waals surface area (Å²) in [6.07, 6.45) is 0.368. The maximum Gasteiger partial charge on any atom is 0.223 e. The lowest BCUT2D eigenvalue weighted by atomic mass is 10.0. The van der Waals surface area contributed by atoms with Crippen LogP contribution in [0.3, 0.4) is 0 Å². The number of likely N-dealkylation sites (tertiary alicyclic amines) is 1. The Balaban J connectivity index is 2.14. The van der Waals surface area contributed by atoms with Crippen LogP contribution in [-0.2, 0) is 9.59 Å². The van der Waals surface area contributed by atoms with Crippen molar-refractivity contribution in [2.45, 2.75) is 26.3 Å². The smallest absolute Gasteiger partial charge is 0.223 e. The van der Waals surface area contributed by atoms with Crippen LogP contribution in [0.1, 0.15) is 31.9 Å². The van der Waals surface area contributed by atoms with Crippen molar-refractivity contribution in [1.29, 1.82) is 0 Å². The third-order valence-corrected chi connectivity index (χ3v) is 3.48. The fourth-order valence-corrected chi connectivity index (χ4v) is 2.29. The minimum absolute atomic E-state index is 0.0491. The number of hydrogen-bond donors (Lipinski definition) is 0. The zero-order valence-corrected chi connectivity index (χ0v) is 10.2. The second kappa shape index (κ2) is 4.70. The Kier molecular flexibility index (Phi) is 3.27. The highest BCUT2D eigenvalue weighted by Gasteiger charge is 2.35. The Hall–Kier alpha value is -1.64. The Labute approximate surface area is 101 Å². The molecule has 1 amide bonds. The van der Waals surface area contributed by atoms with E-state index in [1.165, 1.54) is 0 Å². The monoisotopic (exact) mass is 231 g/mol. The van der Waals surface area contributed by atoms with Crippen LogP contribution < -0.4 is 0 Å². The lowest BCUT2D eigenvalue weighted by molar-refractivity contribution is -0.129. The first-order chi connectivity index (χ1) is 8.09. The molecule has 1 aromatic rings. The number of rotatable bonds is 3. The molecular formula is C14H17NO2. The number of benzene rings is 1. The molecule has 1 saturated heterocycles. The highest BCUT2D eigenvalue weighted by molar-refractivity contribution is 5.89. The lowest BCUT2D eigenvalue weighted by Crippen LogP contribution is -2.29. The summed E-state index contributed by atoms with van der Waals surface area (Å²) in [6, 6.07) is 9.97. The Morgan fingerprint density at radius 3 is 2.53 bits per heavy atom. The van der Waals surface area contributed by atoms with Crippen molar-refractivity contribution in [1.82, 2.24) is 4.90 Å². The maximum atomic E-state index is 11.9. The predicted octanol–water partition coefficient (Wildman–Crippen LogP) is 2.19. The number of ketones is 1. The number of hydrogen-bond acceptors (Lipinski definition) is 2. The van der Waals surface area contributed by atoms with Gasteiger partial charge in [-0.05, 0) is 19.4 Å². The molecule has 1 aliphatic heterocycles. The molecule has 2 atom stereocenters. The highest BCUT2D eigenvalue weighted by Crippen LogP contribution is 2.28. The largest absolute Gasteiger partial charge is 0.335 e.